The van der Waals surface area contributed by atoms with E-state index in [-0.39, 0.29) is 11.8 Å². The third-order valence-corrected chi connectivity index (χ3v) is 2.16. The van der Waals surface area contributed by atoms with E-state index in [0.717, 1.165) is 18.5 Å². The number of pyridine rings is 1. The molecule has 1 saturated heterocycles. The lowest BCUT2D eigenvalue weighted by molar-refractivity contribution is -0.120. The molecule has 3 nitrogen and oxygen atoms in total. The molecule has 0 bridgehead atoms. The molecule has 2 heterocycles. The van der Waals surface area contributed by atoms with E-state index in [2.05, 4.69) is 10.3 Å². The van der Waals surface area contributed by atoms with Crippen LogP contribution in [0.2, 0.25) is 0 Å². The maximum absolute atomic E-state index is 11.2. The molecule has 1 N–H and O–H groups in total. The SMILES string of the molecule is O=C1NCCC1c1ccncc1. The summed E-state index contributed by atoms with van der Waals surface area (Å²) in [6.45, 7) is 0.797. The van der Waals surface area contributed by atoms with E-state index in [9.17, 15) is 4.79 Å². The van der Waals surface area contributed by atoms with Gasteiger partial charge in [-0.2, -0.15) is 0 Å². The van der Waals surface area contributed by atoms with Crippen LogP contribution in [-0.2, 0) is 4.79 Å². The first-order chi connectivity index (χ1) is 5.88. The Kier molecular flexibility index (Phi) is 1.78. The molecular weight excluding hydrogens is 152 g/mol. The van der Waals surface area contributed by atoms with Crippen molar-refractivity contribution in [2.75, 3.05) is 6.54 Å². The first-order valence-corrected chi connectivity index (χ1v) is 4.05. The summed E-state index contributed by atoms with van der Waals surface area (Å²) in [7, 11) is 0. The number of hydrogen-bond donors (Lipinski definition) is 1. The van der Waals surface area contributed by atoms with Crippen molar-refractivity contribution in [3.8, 4) is 0 Å². The fourth-order valence-corrected chi connectivity index (χ4v) is 1.51. The molecule has 1 aromatic rings. The minimum absolute atomic E-state index is 0.0491. The number of carbonyl (C=O) groups is 1. The predicted octanol–water partition coefficient (Wildman–Crippen LogP) is 0.685. The maximum atomic E-state index is 11.2. The van der Waals surface area contributed by atoms with E-state index in [1.807, 2.05) is 12.1 Å². The summed E-state index contributed by atoms with van der Waals surface area (Å²) in [6.07, 6.45) is 4.35. The standard InChI is InChI=1S/C9H10N2O/c12-9-8(3-6-11-9)7-1-4-10-5-2-7/h1-2,4-5,8H,3,6H2,(H,11,12). The lowest BCUT2D eigenvalue weighted by Crippen LogP contribution is -2.17. The molecule has 0 spiro atoms. The molecule has 0 aromatic carbocycles. The molecule has 1 amide bonds. The summed E-state index contributed by atoms with van der Waals surface area (Å²) in [5.74, 6) is 0.189. The van der Waals surface area contributed by atoms with Gasteiger partial charge in [0.2, 0.25) is 5.91 Å². The Balaban J connectivity index is 2.25. The average Bonchev–Trinajstić information content (AvgIpc) is 2.53. The Morgan fingerprint density at radius 3 is 2.75 bits per heavy atom. The van der Waals surface area contributed by atoms with Crippen molar-refractivity contribution in [3.63, 3.8) is 0 Å². The number of amides is 1. The summed E-state index contributed by atoms with van der Waals surface area (Å²) in [4.78, 5) is 15.2. The molecule has 1 aromatic heterocycles. The van der Waals surface area contributed by atoms with E-state index >= 15 is 0 Å². The Hall–Kier alpha value is -1.38. The molecule has 1 fully saturated rings. The zero-order chi connectivity index (χ0) is 8.39. The third kappa shape index (κ3) is 1.18. The second-order valence-corrected chi connectivity index (χ2v) is 2.91. The quantitative estimate of drug-likeness (QED) is 0.660. The minimum Gasteiger partial charge on any atom is -0.356 e. The van der Waals surface area contributed by atoms with Gasteiger partial charge in [-0.1, -0.05) is 0 Å². The van der Waals surface area contributed by atoms with E-state index in [4.69, 9.17) is 0 Å². The molecule has 1 unspecified atom stereocenters. The van der Waals surface area contributed by atoms with Gasteiger partial charge in [0.05, 0.1) is 5.92 Å². The molecule has 62 valence electrons. The van der Waals surface area contributed by atoms with Crippen LogP contribution in [-0.4, -0.2) is 17.4 Å². The van der Waals surface area contributed by atoms with Gasteiger partial charge in [-0.15, -0.1) is 0 Å². The summed E-state index contributed by atoms with van der Waals surface area (Å²) in [5.41, 5.74) is 1.07. The van der Waals surface area contributed by atoms with Crippen molar-refractivity contribution in [1.82, 2.24) is 10.3 Å². The normalized spacial score (nSPS) is 22.3. The molecule has 0 aliphatic carbocycles. The summed E-state index contributed by atoms with van der Waals surface area (Å²) < 4.78 is 0. The van der Waals surface area contributed by atoms with Crippen LogP contribution in [0.3, 0.4) is 0 Å². The smallest absolute Gasteiger partial charge is 0.227 e. The lowest BCUT2D eigenvalue weighted by atomic mass is 9.99. The molecule has 2 rings (SSSR count). The first kappa shape index (κ1) is 7.28. The van der Waals surface area contributed by atoms with Crippen LogP contribution in [0.25, 0.3) is 0 Å². The molecule has 0 radical (unpaired) electrons. The topological polar surface area (TPSA) is 42.0 Å². The Morgan fingerprint density at radius 1 is 1.42 bits per heavy atom. The largest absolute Gasteiger partial charge is 0.356 e. The number of hydrogen-bond acceptors (Lipinski definition) is 2. The van der Waals surface area contributed by atoms with Crippen LogP contribution in [0.4, 0.5) is 0 Å². The van der Waals surface area contributed by atoms with Crippen LogP contribution >= 0.6 is 0 Å². The van der Waals surface area contributed by atoms with Crippen molar-refractivity contribution >= 4 is 5.91 Å². The van der Waals surface area contributed by atoms with Crippen molar-refractivity contribution < 1.29 is 4.79 Å². The minimum atomic E-state index is 0.0491. The molecule has 0 saturated carbocycles. The van der Waals surface area contributed by atoms with Crippen molar-refractivity contribution in [2.45, 2.75) is 12.3 Å². The second-order valence-electron chi connectivity index (χ2n) is 2.91. The van der Waals surface area contributed by atoms with E-state index in [0.29, 0.717) is 0 Å². The predicted molar refractivity (Wildman–Crippen MR) is 44.6 cm³/mol. The number of nitrogens with zero attached hydrogens (tertiary/aromatic N) is 1. The van der Waals surface area contributed by atoms with Crippen LogP contribution < -0.4 is 5.32 Å². The van der Waals surface area contributed by atoms with E-state index in [1.54, 1.807) is 12.4 Å². The van der Waals surface area contributed by atoms with Crippen LogP contribution in [0.15, 0.2) is 24.5 Å². The van der Waals surface area contributed by atoms with Crippen LogP contribution in [0.1, 0.15) is 17.9 Å². The second kappa shape index (κ2) is 2.93. The van der Waals surface area contributed by atoms with E-state index < -0.39 is 0 Å². The number of rotatable bonds is 1. The Morgan fingerprint density at radius 2 is 2.17 bits per heavy atom. The molecule has 12 heavy (non-hydrogen) atoms. The van der Waals surface area contributed by atoms with Gasteiger partial charge in [-0.05, 0) is 24.1 Å². The number of nitrogens with one attached hydrogen (secondary N) is 1. The van der Waals surface area contributed by atoms with Gasteiger partial charge in [-0.25, -0.2) is 0 Å². The Labute approximate surface area is 70.8 Å². The molecular formula is C9H10N2O. The zero-order valence-corrected chi connectivity index (χ0v) is 6.66. The average molecular weight is 162 g/mol. The highest BCUT2D eigenvalue weighted by atomic mass is 16.2. The fraction of sp³-hybridized carbons (Fsp3) is 0.333. The van der Waals surface area contributed by atoms with E-state index in [1.165, 1.54) is 0 Å². The highest BCUT2D eigenvalue weighted by molar-refractivity contribution is 5.85. The molecule has 1 aliphatic rings. The van der Waals surface area contributed by atoms with Crippen LogP contribution in [0, 0.1) is 0 Å². The summed E-state index contributed by atoms with van der Waals surface area (Å²) in [5, 5.41) is 2.81. The van der Waals surface area contributed by atoms with Gasteiger partial charge >= 0.3 is 0 Å². The zero-order valence-electron chi connectivity index (χ0n) is 6.66. The lowest BCUT2D eigenvalue weighted by Gasteiger charge is -2.04. The molecule has 1 aliphatic heterocycles. The van der Waals surface area contributed by atoms with Gasteiger partial charge < -0.3 is 5.32 Å². The monoisotopic (exact) mass is 162 g/mol. The number of carbonyl (C=O) groups excluding carboxylic acids is 1. The third-order valence-electron chi connectivity index (χ3n) is 2.16. The highest BCUT2D eigenvalue weighted by Crippen LogP contribution is 2.22. The van der Waals surface area contributed by atoms with Crippen molar-refractivity contribution in [3.05, 3.63) is 30.1 Å². The van der Waals surface area contributed by atoms with Crippen molar-refractivity contribution in [1.29, 1.82) is 0 Å². The molecule has 1 atom stereocenters. The fourth-order valence-electron chi connectivity index (χ4n) is 1.51. The van der Waals surface area contributed by atoms with Gasteiger partial charge in [0.15, 0.2) is 0 Å². The summed E-state index contributed by atoms with van der Waals surface area (Å²) in [6, 6.07) is 3.80. The number of aromatic nitrogens is 1. The highest BCUT2D eigenvalue weighted by Gasteiger charge is 2.25. The first-order valence-electron chi connectivity index (χ1n) is 4.05. The Bertz CT molecular complexity index is 284. The van der Waals surface area contributed by atoms with Gasteiger partial charge in [0, 0.05) is 18.9 Å². The molecule has 3 heteroatoms. The van der Waals surface area contributed by atoms with Gasteiger partial charge in [-0.3, -0.25) is 9.78 Å². The van der Waals surface area contributed by atoms with Gasteiger partial charge in [0.25, 0.3) is 0 Å². The van der Waals surface area contributed by atoms with Crippen molar-refractivity contribution in [2.24, 2.45) is 0 Å². The van der Waals surface area contributed by atoms with Crippen LogP contribution in [0.5, 0.6) is 0 Å². The maximum Gasteiger partial charge on any atom is 0.227 e. The van der Waals surface area contributed by atoms with Gasteiger partial charge in [0.1, 0.15) is 0 Å². The summed E-state index contributed by atoms with van der Waals surface area (Å²) >= 11 is 0.